The number of aliphatic hydroxyl groups excluding tert-OH is 1. The summed E-state index contributed by atoms with van der Waals surface area (Å²) in [5, 5.41) is 30.7. The molecule has 204 valence electrons. The Labute approximate surface area is 231 Å². The SMILES string of the molecule is CCc1cccc(CNC[C@H](O)[C@@H](Cc2cc(F)cc(F)c2)NC(=O)C(O)(c2ccccc2)c2cccs2)c1. The first-order valence-electron chi connectivity index (χ1n) is 12.8. The van der Waals surface area contributed by atoms with Gasteiger partial charge >= 0.3 is 0 Å². The second-order valence-electron chi connectivity index (χ2n) is 9.49. The van der Waals surface area contributed by atoms with Gasteiger partial charge in [0.15, 0.2) is 0 Å². The number of aryl methyl sites for hydroxylation is 1. The van der Waals surface area contributed by atoms with Crippen molar-refractivity contribution >= 4 is 17.2 Å². The van der Waals surface area contributed by atoms with Gasteiger partial charge in [0.1, 0.15) is 11.6 Å². The molecule has 39 heavy (non-hydrogen) atoms. The first kappa shape index (κ1) is 28.6. The second kappa shape index (κ2) is 13.1. The van der Waals surface area contributed by atoms with Crippen LogP contribution in [0.1, 0.15) is 34.1 Å². The Balaban J connectivity index is 1.57. The number of amides is 1. The van der Waals surface area contributed by atoms with Crippen molar-refractivity contribution in [1.82, 2.24) is 10.6 Å². The molecule has 4 N–H and O–H groups in total. The first-order valence-corrected chi connectivity index (χ1v) is 13.7. The quantitative estimate of drug-likeness (QED) is 0.206. The highest BCUT2D eigenvalue weighted by atomic mass is 32.1. The third kappa shape index (κ3) is 7.16. The van der Waals surface area contributed by atoms with Gasteiger partial charge < -0.3 is 20.8 Å². The number of carbonyl (C=O) groups excluding carboxylic acids is 1. The van der Waals surface area contributed by atoms with Crippen molar-refractivity contribution in [3.63, 3.8) is 0 Å². The second-order valence-corrected chi connectivity index (χ2v) is 10.4. The number of hydrogen-bond acceptors (Lipinski definition) is 5. The predicted molar refractivity (Wildman–Crippen MR) is 149 cm³/mol. The lowest BCUT2D eigenvalue weighted by Crippen LogP contribution is -2.54. The Morgan fingerprint density at radius 1 is 0.923 bits per heavy atom. The summed E-state index contributed by atoms with van der Waals surface area (Å²) in [7, 11) is 0. The van der Waals surface area contributed by atoms with E-state index >= 15 is 0 Å². The molecule has 0 fully saturated rings. The van der Waals surface area contributed by atoms with E-state index in [1.165, 1.54) is 29.0 Å². The molecule has 3 aromatic carbocycles. The van der Waals surface area contributed by atoms with E-state index in [0.29, 0.717) is 17.0 Å². The summed E-state index contributed by atoms with van der Waals surface area (Å²) in [6.45, 7) is 2.66. The van der Waals surface area contributed by atoms with Crippen LogP contribution >= 0.6 is 11.3 Å². The average Bonchev–Trinajstić information content (AvgIpc) is 3.48. The Bertz CT molecular complexity index is 1350. The monoisotopic (exact) mass is 550 g/mol. The summed E-state index contributed by atoms with van der Waals surface area (Å²) < 4.78 is 27.9. The number of nitrogens with one attached hydrogen (secondary N) is 2. The van der Waals surface area contributed by atoms with E-state index in [9.17, 15) is 23.8 Å². The number of thiophene rings is 1. The molecule has 3 atom stereocenters. The molecule has 0 bridgehead atoms. The molecule has 0 radical (unpaired) electrons. The van der Waals surface area contributed by atoms with Crippen molar-refractivity contribution in [3.05, 3.63) is 129 Å². The molecule has 0 saturated heterocycles. The summed E-state index contributed by atoms with van der Waals surface area (Å²) in [5.41, 5.74) is 0.859. The van der Waals surface area contributed by atoms with Crippen LogP contribution in [0.25, 0.3) is 0 Å². The number of rotatable bonds is 12. The molecule has 0 saturated carbocycles. The van der Waals surface area contributed by atoms with Gasteiger partial charge in [-0.25, -0.2) is 8.78 Å². The molecule has 4 rings (SSSR count). The fourth-order valence-corrected chi connectivity index (χ4v) is 5.40. The highest BCUT2D eigenvalue weighted by Crippen LogP contribution is 2.33. The smallest absolute Gasteiger partial charge is 0.262 e. The normalized spacial score (nSPS) is 14.4. The molecule has 1 heterocycles. The van der Waals surface area contributed by atoms with Gasteiger partial charge in [-0.3, -0.25) is 4.79 Å². The maximum atomic E-state index is 13.9. The minimum atomic E-state index is -2.02. The van der Waals surface area contributed by atoms with E-state index in [2.05, 4.69) is 23.6 Å². The molecule has 1 aromatic heterocycles. The molecule has 4 aromatic rings. The van der Waals surface area contributed by atoms with Gasteiger partial charge in [-0.05, 0) is 58.7 Å². The number of halogens is 2. The van der Waals surface area contributed by atoms with Gasteiger partial charge in [0.2, 0.25) is 5.60 Å². The van der Waals surface area contributed by atoms with Crippen LogP contribution in [0.3, 0.4) is 0 Å². The highest BCUT2D eigenvalue weighted by Gasteiger charge is 2.42. The lowest BCUT2D eigenvalue weighted by molar-refractivity contribution is -0.138. The fourth-order valence-electron chi connectivity index (χ4n) is 4.55. The Morgan fingerprint density at radius 3 is 2.31 bits per heavy atom. The maximum absolute atomic E-state index is 13.9. The van der Waals surface area contributed by atoms with Gasteiger partial charge in [0, 0.05) is 19.2 Å². The molecule has 8 heteroatoms. The third-order valence-electron chi connectivity index (χ3n) is 6.64. The summed E-state index contributed by atoms with van der Waals surface area (Å²) in [6.07, 6.45) is -0.272. The van der Waals surface area contributed by atoms with Crippen LogP contribution in [-0.2, 0) is 29.8 Å². The van der Waals surface area contributed by atoms with Gasteiger partial charge in [-0.15, -0.1) is 11.3 Å². The molecule has 0 aliphatic heterocycles. The van der Waals surface area contributed by atoms with Crippen molar-refractivity contribution in [2.45, 2.75) is 44.1 Å². The van der Waals surface area contributed by atoms with Gasteiger partial charge in [-0.1, -0.05) is 67.6 Å². The van der Waals surface area contributed by atoms with E-state index in [1.54, 1.807) is 47.8 Å². The van der Waals surface area contributed by atoms with Crippen molar-refractivity contribution in [3.8, 4) is 0 Å². The highest BCUT2D eigenvalue weighted by molar-refractivity contribution is 7.10. The predicted octanol–water partition coefficient (Wildman–Crippen LogP) is 4.70. The van der Waals surface area contributed by atoms with Crippen molar-refractivity contribution < 1.29 is 23.8 Å². The zero-order chi connectivity index (χ0) is 27.8. The fraction of sp³-hybridized carbons (Fsp3) is 0.258. The Morgan fingerprint density at radius 2 is 1.64 bits per heavy atom. The van der Waals surface area contributed by atoms with Gasteiger partial charge in [0.05, 0.1) is 17.0 Å². The Hall–Kier alpha value is -3.43. The number of aliphatic hydroxyl groups is 2. The number of benzene rings is 3. The topological polar surface area (TPSA) is 81.6 Å². The lowest BCUT2D eigenvalue weighted by atomic mass is 9.90. The zero-order valence-corrected chi connectivity index (χ0v) is 22.4. The van der Waals surface area contributed by atoms with Crippen molar-refractivity contribution in [1.29, 1.82) is 0 Å². The minimum absolute atomic E-state index is 0.0517. The van der Waals surface area contributed by atoms with E-state index in [0.717, 1.165) is 18.1 Å². The molecule has 0 spiro atoms. The van der Waals surface area contributed by atoms with Crippen LogP contribution < -0.4 is 10.6 Å². The van der Waals surface area contributed by atoms with E-state index < -0.39 is 35.3 Å². The number of carbonyl (C=O) groups is 1. The van der Waals surface area contributed by atoms with Crippen LogP contribution in [0, 0.1) is 11.6 Å². The standard InChI is InChI=1S/C31H32F2N2O3S/c1-2-21-8-6-9-22(14-21)19-34-20-28(36)27(17-23-15-25(32)18-26(33)16-23)35-30(37)31(38,29-12-7-13-39-29)24-10-4-3-5-11-24/h3-16,18,27-28,34,36,38H,2,17,19-20H2,1H3,(H,35,37)/t27-,28+,31?/m1/s1. The van der Waals surface area contributed by atoms with Crippen LogP contribution in [0.15, 0.2) is 90.3 Å². The zero-order valence-electron chi connectivity index (χ0n) is 21.6. The van der Waals surface area contributed by atoms with Crippen LogP contribution in [0.5, 0.6) is 0 Å². The van der Waals surface area contributed by atoms with Crippen LogP contribution in [0.2, 0.25) is 0 Å². The molecule has 0 aliphatic rings. The van der Waals surface area contributed by atoms with Gasteiger partial charge in [0.25, 0.3) is 5.91 Å². The van der Waals surface area contributed by atoms with E-state index in [1.807, 2.05) is 18.2 Å². The van der Waals surface area contributed by atoms with Crippen LogP contribution in [-0.4, -0.2) is 34.8 Å². The Kier molecular flexibility index (Phi) is 9.59. The molecule has 1 unspecified atom stereocenters. The van der Waals surface area contributed by atoms with Crippen LogP contribution in [0.4, 0.5) is 8.78 Å². The average molecular weight is 551 g/mol. The molecular formula is C31H32F2N2O3S. The molecular weight excluding hydrogens is 518 g/mol. The minimum Gasteiger partial charge on any atom is -0.390 e. The summed E-state index contributed by atoms with van der Waals surface area (Å²) >= 11 is 1.23. The lowest BCUT2D eigenvalue weighted by Gasteiger charge is -2.31. The molecule has 0 aliphatic carbocycles. The van der Waals surface area contributed by atoms with Crippen molar-refractivity contribution in [2.75, 3.05) is 6.54 Å². The first-order chi connectivity index (χ1) is 18.8. The molecule has 5 nitrogen and oxygen atoms in total. The third-order valence-corrected chi connectivity index (χ3v) is 7.62. The van der Waals surface area contributed by atoms with Gasteiger partial charge in [-0.2, -0.15) is 0 Å². The van der Waals surface area contributed by atoms with Crippen molar-refractivity contribution in [2.24, 2.45) is 0 Å². The van der Waals surface area contributed by atoms with E-state index in [4.69, 9.17) is 0 Å². The summed E-state index contributed by atoms with van der Waals surface area (Å²) in [5.74, 6) is -2.25. The summed E-state index contributed by atoms with van der Waals surface area (Å²) in [4.78, 5) is 14.1. The maximum Gasteiger partial charge on any atom is 0.262 e. The summed E-state index contributed by atoms with van der Waals surface area (Å²) in [6, 6.07) is 22.2. The largest absolute Gasteiger partial charge is 0.390 e. The van der Waals surface area contributed by atoms with E-state index in [-0.39, 0.29) is 18.5 Å². The number of hydrogen-bond donors (Lipinski definition) is 4. The molecule has 1 amide bonds.